The quantitative estimate of drug-likeness (QED) is 0.220. The van der Waals surface area contributed by atoms with Crippen molar-refractivity contribution in [1.82, 2.24) is 10.6 Å². The first kappa shape index (κ1) is 23.8. The van der Waals surface area contributed by atoms with E-state index in [1.54, 1.807) is 0 Å². The minimum Gasteiger partial charge on any atom is -0.372 e. The Morgan fingerprint density at radius 3 is 2.19 bits per heavy atom. The molecule has 0 aliphatic rings. The fourth-order valence-electron chi connectivity index (χ4n) is 2.39. The summed E-state index contributed by atoms with van der Waals surface area (Å²) in [4.78, 5) is 4.64. The van der Waals surface area contributed by atoms with Gasteiger partial charge in [-0.2, -0.15) is 11.8 Å². The molecule has 2 N–H and O–H groups in total. The molecule has 2 aromatic carbocycles. The van der Waals surface area contributed by atoms with E-state index < -0.39 is 0 Å². The number of hydrogen-bond donors (Lipinski definition) is 2. The number of thioether (sulfide) groups is 1. The van der Waals surface area contributed by atoms with Gasteiger partial charge in [0.1, 0.15) is 0 Å². The molecule has 0 saturated heterocycles. The van der Waals surface area contributed by atoms with Crippen molar-refractivity contribution in [3.63, 3.8) is 0 Å². The van der Waals surface area contributed by atoms with Gasteiger partial charge in [-0.05, 0) is 29.9 Å². The second-order valence-electron chi connectivity index (χ2n) is 5.91. The Hall–Kier alpha value is -1.25. The molecule has 0 unspecified atom stereocenters. The molecule has 0 aliphatic heterocycles. The molecule has 0 bridgehead atoms. The predicted molar refractivity (Wildman–Crippen MR) is 128 cm³/mol. The van der Waals surface area contributed by atoms with E-state index in [1.165, 1.54) is 16.7 Å². The lowest BCUT2D eigenvalue weighted by Gasteiger charge is -2.10. The molecule has 4 nitrogen and oxygen atoms in total. The third-order valence-corrected chi connectivity index (χ3v) is 4.38. The van der Waals surface area contributed by atoms with E-state index in [-0.39, 0.29) is 24.0 Å². The Balaban J connectivity index is 0.00000364. The smallest absolute Gasteiger partial charge is 0.191 e. The van der Waals surface area contributed by atoms with Crippen LogP contribution in [0.3, 0.4) is 0 Å². The Kier molecular flexibility index (Phi) is 13.0. The van der Waals surface area contributed by atoms with Crippen LogP contribution in [0.5, 0.6) is 0 Å². The molecule has 0 saturated carbocycles. The van der Waals surface area contributed by atoms with Crippen LogP contribution in [0, 0.1) is 0 Å². The van der Waals surface area contributed by atoms with Gasteiger partial charge in [-0.1, -0.05) is 54.6 Å². The Morgan fingerprint density at radius 1 is 0.926 bits per heavy atom. The highest BCUT2D eigenvalue weighted by Crippen LogP contribution is 2.09. The summed E-state index contributed by atoms with van der Waals surface area (Å²) in [5.41, 5.74) is 3.57. The van der Waals surface area contributed by atoms with Crippen LogP contribution in [0.25, 0.3) is 0 Å². The van der Waals surface area contributed by atoms with Gasteiger partial charge in [-0.3, -0.25) is 0 Å². The summed E-state index contributed by atoms with van der Waals surface area (Å²) in [5.74, 6) is 1.94. The van der Waals surface area contributed by atoms with Crippen molar-refractivity contribution >= 4 is 41.7 Å². The topological polar surface area (TPSA) is 45.7 Å². The van der Waals surface area contributed by atoms with Gasteiger partial charge in [0.05, 0.1) is 19.8 Å². The van der Waals surface area contributed by atoms with Crippen molar-refractivity contribution < 1.29 is 4.74 Å². The minimum absolute atomic E-state index is 0. The maximum Gasteiger partial charge on any atom is 0.191 e. The van der Waals surface area contributed by atoms with Crippen LogP contribution in [0.2, 0.25) is 0 Å². The van der Waals surface area contributed by atoms with Crippen LogP contribution in [0.4, 0.5) is 0 Å². The first-order valence-corrected chi connectivity index (χ1v) is 10.4. The van der Waals surface area contributed by atoms with Gasteiger partial charge in [0.15, 0.2) is 5.96 Å². The van der Waals surface area contributed by atoms with Crippen molar-refractivity contribution in [2.45, 2.75) is 26.7 Å². The van der Waals surface area contributed by atoms with Gasteiger partial charge < -0.3 is 15.4 Å². The monoisotopic (exact) mass is 499 g/mol. The van der Waals surface area contributed by atoms with Crippen molar-refractivity contribution in [2.24, 2.45) is 4.99 Å². The summed E-state index contributed by atoms with van der Waals surface area (Å²) in [6, 6.07) is 18.7. The zero-order chi connectivity index (χ0) is 18.5. The van der Waals surface area contributed by atoms with E-state index in [4.69, 9.17) is 4.74 Å². The number of nitrogens with one attached hydrogen (secondary N) is 2. The van der Waals surface area contributed by atoms with Crippen LogP contribution in [0.1, 0.15) is 23.6 Å². The normalized spacial score (nSPS) is 11.0. The molecule has 0 spiro atoms. The molecule has 27 heavy (non-hydrogen) atoms. The van der Waals surface area contributed by atoms with Crippen LogP contribution in [0.15, 0.2) is 59.6 Å². The Labute approximate surface area is 184 Å². The summed E-state index contributed by atoms with van der Waals surface area (Å²) >= 11 is 1.83. The average molecular weight is 499 g/mol. The number of aliphatic imine (C=N–C) groups is 1. The number of nitrogens with zero attached hydrogens (tertiary/aromatic N) is 1. The number of halogens is 1. The third-order valence-electron chi connectivity index (χ3n) is 3.77. The molecule has 0 aromatic heterocycles. The lowest BCUT2D eigenvalue weighted by molar-refractivity contribution is 0.107. The number of rotatable bonds is 10. The molecule has 0 atom stereocenters. The molecular weight excluding hydrogens is 469 g/mol. The zero-order valence-electron chi connectivity index (χ0n) is 16.1. The first-order chi connectivity index (χ1) is 12.8. The fraction of sp³-hybridized carbons (Fsp3) is 0.381. The molecule has 2 aromatic rings. The average Bonchev–Trinajstić information content (AvgIpc) is 2.68. The lowest BCUT2D eigenvalue weighted by Crippen LogP contribution is -2.38. The Bertz CT molecular complexity index is 650. The van der Waals surface area contributed by atoms with Crippen LogP contribution < -0.4 is 10.6 Å². The van der Waals surface area contributed by atoms with Crippen molar-refractivity contribution in [3.8, 4) is 0 Å². The van der Waals surface area contributed by atoms with Crippen LogP contribution in [-0.4, -0.2) is 31.1 Å². The van der Waals surface area contributed by atoms with Crippen molar-refractivity contribution in [2.75, 3.05) is 25.1 Å². The molecule has 2 rings (SSSR count). The van der Waals surface area contributed by atoms with Gasteiger partial charge in [-0.15, -0.1) is 24.0 Å². The molecule has 0 radical (unpaired) electrons. The van der Waals surface area contributed by atoms with E-state index in [0.717, 1.165) is 24.8 Å². The number of hydrogen-bond acceptors (Lipinski definition) is 3. The third kappa shape index (κ3) is 10.0. The Morgan fingerprint density at radius 2 is 1.56 bits per heavy atom. The van der Waals surface area contributed by atoms with E-state index in [1.807, 2.05) is 30.0 Å². The van der Waals surface area contributed by atoms with E-state index in [2.05, 4.69) is 65.2 Å². The SMILES string of the molecule is CCNC(=NCc1ccc(COCc2ccccc2)cc1)NCCSC.I. The minimum atomic E-state index is 0. The summed E-state index contributed by atoms with van der Waals surface area (Å²) in [6.07, 6.45) is 2.11. The van der Waals surface area contributed by atoms with E-state index in [0.29, 0.717) is 19.8 Å². The fourth-order valence-corrected chi connectivity index (χ4v) is 2.69. The molecular formula is C21H30IN3OS. The van der Waals surface area contributed by atoms with Gasteiger partial charge in [0.2, 0.25) is 0 Å². The molecule has 6 heteroatoms. The number of guanidine groups is 1. The van der Waals surface area contributed by atoms with E-state index >= 15 is 0 Å². The standard InChI is InChI=1S/C21H29N3OS.HI/c1-3-22-21(23-13-14-26-2)24-15-18-9-11-20(12-10-18)17-25-16-19-7-5-4-6-8-19;/h4-12H,3,13-17H2,1-2H3,(H2,22,23,24);1H. The number of ether oxygens (including phenoxy) is 1. The number of benzene rings is 2. The van der Waals surface area contributed by atoms with Crippen LogP contribution in [-0.2, 0) is 24.5 Å². The summed E-state index contributed by atoms with van der Waals surface area (Å²) < 4.78 is 5.78. The lowest BCUT2D eigenvalue weighted by atomic mass is 10.1. The second kappa shape index (κ2) is 14.8. The second-order valence-corrected chi connectivity index (χ2v) is 6.90. The van der Waals surface area contributed by atoms with Gasteiger partial charge in [0.25, 0.3) is 0 Å². The maximum absolute atomic E-state index is 5.78. The van der Waals surface area contributed by atoms with E-state index in [9.17, 15) is 0 Å². The largest absolute Gasteiger partial charge is 0.372 e. The summed E-state index contributed by atoms with van der Waals surface area (Å²) in [5, 5.41) is 6.62. The molecule has 0 fully saturated rings. The van der Waals surface area contributed by atoms with Gasteiger partial charge in [0, 0.05) is 18.8 Å². The first-order valence-electron chi connectivity index (χ1n) is 9.02. The molecule has 0 heterocycles. The van der Waals surface area contributed by atoms with Crippen molar-refractivity contribution in [1.29, 1.82) is 0 Å². The summed E-state index contributed by atoms with van der Waals surface area (Å²) in [6.45, 7) is 5.79. The van der Waals surface area contributed by atoms with Crippen LogP contribution >= 0.6 is 35.7 Å². The predicted octanol–water partition coefficient (Wildman–Crippen LogP) is 4.44. The van der Waals surface area contributed by atoms with Gasteiger partial charge >= 0.3 is 0 Å². The highest BCUT2D eigenvalue weighted by atomic mass is 127. The highest BCUT2D eigenvalue weighted by molar-refractivity contribution is 14.0. The van der Waals surface area contributed by atoms with Crippen molar-refractivity contribution in [3.05, 3.63) is 71.3 Å². The maximum atomic E-state index is 5.78. The van der Waals surface area contributed by atoms with Gasteiger partial charge in [-0.25, -0.2) is 4.99 Å². The highest BCUT2D eigenvalue weighted by Gasteiger charge is 1.99. The molecule has 0 aliphatic carbocycles. The summed E-state index contributed by atoms with van der Waals surface area (Å²) in [7, 11) is 0. The zero-order valence-corrected chi connectivity index (χ0v) is 19.3. The molecule has 0 amide bonds. The molecule has 148 valence electrons.